The fraction of sp³-hybridized carbons (Fsp3) is 0.696. The molecule has 1 aromatic carbocycles. The van der Waals surface area contributed by atoms with Crippen LogP contribution in [0.1, 0.15) is 59.4 Å². The summed E-state index contributed by atoms with van der Waals surface area (Å²) >= 11 is 0. The molecule has 1 aliphatic heterocycles. The van der Waals surface area contributed by atoms with Crippen molar-refractivity contribution in [2.75, 3.05) is 33.2 Å². The third kappa shape index (κ3) is 6.33. The number of halogens is 2. The number of hydrogen-bond acceptors (Lipinski definition) is 4. The summed E-state index contributed by atoms with van der Waals surface area (Å²) in [5.41, 5.74) is 0.327. The lowest BCUT2D eigenvalue weighted by atomic mass is 9.63. The standard InChI is InChI=1S/C23H38N2O2.2ClH/c1-7-14-25(15-8-2)18-22(5)17-24(6)19(3)16-23(22,27-20(4)26)21-12-10-9-11-13-21;;/h9-13,19H,7-8,14-18H2,1-6H3;2*1H. The second-order valence-corrected chi connectivity index (χ2v) is 8.59. The average molecular weight is 447 g/mol. The number of carbonyl (C=O) groups excluding carboxylic acids is 1. The van der Waals surface area contributed by atoms with Gasteiger partial charge in [-0.25, -0.2) is 0 Å². The summed E-state index contributed by atoms with van der Waals surface area (Å²) in [5.74, 6) is -0.195. The van der Waals surface area contributed by atoms with Crippen molar-refractivity contribution in [1.82, 2.24) is 9.80 Å². The van der Waals surface area contributed by atoms with Crippen LogP contribution >= 0.6 is 24.8 Å². The molecule has 1 aliphatic rings. The predicted octanol–water partition coefficient (Wildman–Crippen LogP) is 5.14. The molecule has 1 aromatic rings. The van der Waals surface area contributed by atoms with Gasteiger partial charge in [-0.05, 0) is 45.5 Å². The van der Waals surface area contributed by atoms with Gasteiger partial charge in [0.25, 0.3) is 0 Å². The SMILES string of the molecule is CCCN(CCC)CC1(C)CN(C)C(C)CC1(OC(C)=O)c1ccccc1.Cl.Cl. The lowest BCUT2D eigenvalue weighted by Gasteiger charge is -2.57. The fourth-order valence-electron chi connectivity index (χ4n) is 4.87. The Morgan fingerprint density at radius 2 is 1.72 bits per heavy atom. The minimum absolute atomic E-state index is 0. The van der Waals surface area contributed by atoms with Gasteiger partial charge >= 0.3 is 5.97 Å². The van der Waals surface area contributed by atoms with Gasteiger partial charge < -0.3 is 14.5 Å². The van der Waals surface area contributed by atoms with Crippen molar-refractivity contribution in [2.24, 2.45) is 5.41 Å². The van der Waals surface area contributed by atoms with Crippen molar-refractivity contribution in [1.29, 1.82) is 0 Å². The Balaban J connectivity index is 0.00000392. The van der Waals surface area contributed by atoms with Gasteiger partial charge in [-0.15, -0.1) is 24.8 Å². The molecule has 1 saturated heterocycles. The van der Waals surface area contributed by atoms with Crippen LogP contribution in [0.15, 0.2) is 30.3 Å². The van der Waals surface area contributed by atoms with E-state index in [0.29, 0.717) is 6.04 Å². The third-order valence-electron chi connectivity index (χ3n) is 6.12. The molecule has 0 radical (unpaired) electrons. The maximum Gasteiger partial charge on any atom is 0.303 e. The van der Waals surface area contributed by atoms with Crippen molar-refractivity contribution in [3.8, 4) is 0 Å². The molecule has 0 spiro atoms. The second kappa shape index (κ2) is 12.1. The zero-order valence-corrected chi connectivity index (χ0v) is 20.6. The highest BCUT2D eigenvalue weighted by Crippen LogP contribution is 2.51. The molecule has 29 heavy (non-hydrogen) atoms. The third-order valence-corrected chi connectivity index (χ3v) is 6.12. The van der Waals surface area contributed by atoms with E-state index < -0.39 is 5.60 Å². The molecule has 0 saturated carbocycles. The number of likely N-dealkylation sites (tertiary alicyclic amines) is 1. The average Bonchev–Trinajstić information content (AvgIpc) is 2.60. The number of carbonyl (C=O) groups is 1. The van der Waals surface area contributed by atoms with Crippen LogP contribution in [0, 0.1) is 5.41 Å². The first kappa shape index (κ1) is 28.2. The molecule has 4 nitrogen and oxygen atoms in total. The van der Waals surface area contributed by atoms with Gasteiger partial charge in [-0.1, -0.05) is 51.1 Å². The van der Waals surface area contributed by atoms with Gasteiger partial charge in [-0.2, -0.15) is 0 Å². The van der Waals surface area contributed by atoms with E-state index in [-0.39, 0.29) is 36.2 Å². The van der Waals surface area contributed by atoms with Gasteiger partial charge in [0.15, 0.2) is 0 Å². The highest BCUT2D eigenvalue weighted by Gasteiger charge is 2.57. The normalized spacial score (nSPS) is 27.1. The molecule has 3 atom stereocenters. The summed E-state index contributed by atoms with van der Waals surface area (Å²) in [6.07, 6.45) is 3.08. The van der Waals surface area contributed by atoms with Crippen molar-refractivity contribution < 1.29 is 9.53 Å². The molecule has 0 aliphatic carbocycles. The molecule has 0 amide bonds. The van der Waals surface area contributed by atoms with Crippen LogP contribution in [0.5, 0.6) is 0 Å². The topological polar surface area (TPSA) is 32.8 Å². The summed E-state index contributed by atoms with van der Waals surface area (Å²) in [7, 11) is 2.19. The lowest BCUT2D eigenvalue weighted by molar-refractivity contribution is -0.199. The van der Waals surface area contributed by atoms with Crippen molar-refractivity contribution in [3.05, 3.63) is 35.9 Å². The molecule has 3 unspecified atom stereocenters. The summed E-state index contributed by atoms with van der Waals surface area (Å²) in [5, 5.41) is 0. The van der Waals surface area contributed by atoms with Crippen LogP contribution in [0.4, 0.5) is 0 Å². The van der Waals surface area contributed by atoms with Gasteiger partial charge in [0, 0.05) is 37.9 Å². The quantitative estimate of drug-likeness (QED) is 0.517. The summed E-state index contributed by atoms with van der Waals surface area (Å²) in [6, 6.07) is 10.7. The Labute approximate surface area is 190 Å². The Hall–Kier alpha value is -0.810. The number of nitrogens with zero attached hydrogens (tertiary/aromatic N) is 2. The fourth-order valence-corrected chi connectivity index (χ4v) is 4.87. The van der Waals surface area contributed by atoms with Crippen LogP contribution in [0.25, 0.3) is 0 Å². The summed E-state index contributed by atoms with van der Waals surface area (Å²) < 4.78 is 6.26. The highest BCUT2D eigenvalue weighted by molar-refractivity contribution is 5.85. The monoisotopic (exact) mass is 446 g/mol. The Morgan fingerprint density at radius 3 is 2.21 bits per heavy atom. The van der Waals surface area contributed by atoms with E-state index >= 15 is 0 Å². The van der Waals surface area contributed by atoms with Gasteiger partial charge in [-0.3, -0.25) is 4.79 Å². The highest BCUT2D eigenvalue weighted by atomic mass is 35.5. The number of benzene rings is 1. The first-order valence-corrected chi connectivity index (χ1v) is 10.5. The minimum atomic E-state index is -0.605. The molecular formula is C23H40Cl2N2O2. The number of rotatable bonds is 8. The van der Waals surface area contributed by atoms with Crippen LogP contribution in [-0.2, 0) is 15.1 Å². The lowest BCUT2D eigenvalue weighted by Crippen LogP contribution is -2.63. The van der Waals surface area contributed by atoms with Gasteiger partial charge in [0.1, 0.15) is 5.60 Å². The van der Waals surface area contributed by atoms with E-state index in [9.17, 15) is 4.79 Å². The van der Waals surface area contributed by atoms with Gasteiger partial charge in [0.2, 0.25) is 0 Å². The number of esters is 1. The molecule has 0 bridgehead atoms. The van der Waals surface area contributed by atoms with Crippen molar-refractivity contribution in [2.45, 2.75) is 65.5 Å². The molecule has 0 aromatic heterocycles. The van der Waals surface area contributed by atoms with E-state index in [2.05, 4.69) is 68.8 Å². The van der Waals surface area contributed by atoms with E-state index in [1.54, 1.807) is 6.92 Å². The zero-order chi connectivity index (χ0) is 20.1. The second-order valence-electron chi connectivity index (χ2n) is 8.59. The van der Waals surface area contributed by atoms with Crippen LogP contribution in [0.3, 0.4) is 0 Å². The smallest absolute Gasteiger partial charge is 0.303 e. The summed E-state index contributed by atoms with van der Waals surface area (Å²) in [6.45, 7) is 14.5. The van der Waals surface area contributed by atoms with E-state index in [1.165, 1.54) is 0 Å². The molecule has 1 fully saturated rings. The van der Waals surface area contributed by atoms with E-state index in [0.717, 1.165) is 51.0 Å². The Kier molecular flexibility index (Phi) is 11.8. The molecule has 6 heteroatoms. The summed E-state index contributed by atoms with van der Waals surface area (Å²) in [4.78, 5) is 17.2. The first-order chi connectivity index (χ1) is 12.8. The maximum atomic E-state index is 12.3. The zero-order valence-electron chi connectivity index (χ0n) is 18.9. The van der Waals surface area contributed by atoms with Crippen LogP contribution in [0.2, 0.25) is 0 Å². The molecule has 0 N–H and O–H groups in total. The Morgan fingerprint density at radius 1 is 1.17 bits per heavy atom. The maximum absolute atomic E-state index is 12.3. The molecule has 1 heterocycles. The largest absolute Gasteiger partial charge is 0.454 e. The van der Waals surface area contributed by atoms with Crippen molar-refractivity contribution >= 4 is 30.8 Å². The van der Waals surface area contributed by atoms with E-state index in [1.807, 2.05) is 6.07 Å². The number of piperidine rings is 1. The van der Waals surface area contributed by atoms with Crippen LogP contribution < -0.4 is 0 Å². The number of ether oxygens (including phenoxy) is 1. The Bertz CT molecular complexity index is 610. The van der Waals surface area contributed by atoms with Crippen LogP contribution in [-0.4, -0.2) is 55.0 Å². The molecular weight excluding hydrogens is 407 g/mol. The molecule has 2 rings (SSSR count). The van der Waals surface area contributed by atoms with Crippen molar-refractivity contribution in [3.63, 3.8) is 0 Å². The van der Waals surface area contributed by atoms with E-state index in [4.69, 9.17) is 4.74 Å². The first-order valence-electron chi connectivity index (χ1n) is 10.5. The predicted molar refractivity (Wildman–Crippen MR) is 126 cm³/mol. The van der Waals surface area contributed by atoms with Gasteiger partial charge in [0.05, 0.1) is 0 Å². The minimum Gasteiger partial charge on any atom is -0.454 e. The molecule has 168 valence electrons. The number of hydrogen-bond donors (Lipinski definition) is 0.